The van der Waals surface area contributed by atoms with E-state index in [1.165, 1.54) is 0 Å². The zero-order valence-electron chi connectivity index (χ0n) is 6.00. The van der Waals surface area contributed by atoms with Gasteiger partial charge in [0.05, 0.1) is 26.7 Å². The molecule has 52 valence electrons. The monoisotopic (exact) mass is 128 g/mol. The molecule has 0 heterocycles. The molecular weight excluding hydrogens is 115 g/mol. The lowest BCUT2D eigenvalue weighted by atomic mass is 10.00. The minimum absolute atomic E-state index is 0.00861. The topological polar surface area (TPSA) is 29.5 Å². The summed E-state index contributed by atoms with van der Waals surface area (Å²) in [5, 5.41) is 8.57. The van der Waals surface area contributed by atoms with Crippen LogP contribution >= 0.6 is 0 Å². The minimum atomic E-state index is -0.190. The summed E-state index contributed by atoms with van der Waals surface area (Å²) >= 11 is 0. The third-order valence-electron chi connectivity index (χ3n) is 0.931. The van der Waals surface area contributed by atoms with Gasteiger partial charge in [-0.3, -0.25) is 0 Å². The Labute approximate surface area is 57.6 Å². The Morgan fingerprint density at radius 2 is 2.11 bits per heavy atom. The van der Waals surface area contributed by atoms with E-state index in [1.54, 1.807) is 0 Å². The molecule has 0 aromatic rings. The Kier molecular flexibility index (Phi) is 4.82. The molecule has 0 amide bonds. The molecule has 0 aromatic carbocycles. The first-order valence-corrected chi connectivity index (χ1v) is 3.17. The van der Waals surface area contributed by atoms with Crippen molar-refractivity contribution >= 4 is 7.85 Å². The predicted molar refractivity (Wildman–Crippen MR) is 37.7 cm³/mol. The fourth-order valence-corrected chi connectivity index (χ4v) is 0.558. The SMILES string of the molecule is [B]CC(CO)OC(C)C. The lowest BCUT2D eigenvalue weighted by Crippen LogP contribution is -2.20. The van der Waals surface area contributed by atoms with E-state index in [4.69, 9.17) is 17.7 Å². The van der Waals surface area contributed by atoms with Crippen molar-refractivity contribution in [3.63, 3.8) is 0 Å². The lowest BCUT2D eigenvalue weighted by Gasteiger charge is -2.15. The predicted octanol–water partition coefficient (Wildman–Crippen LogP) is 0.359. The van der Waals surface area contributed by atoms with Gasteiger partial charge in [-0.2, -0.15) is 0 Å². The van der Waals surface area contributed by atoms with E-state index in [0.717, 1.165) is 0 Å². The Balaban J connectivity index is 3.31. The van der Waals surface area contributed by atoms with Crippen LogP contribution in [0.3, 0.4) is 0 Å². The van der Waals surface area contributed by atoms with Crippen molar-refractivity contribution in [1.82, 2.24) is 0 Å². The lowest BCUT2D eigenvalue weighted by molar-refractivity contribution is -0.0117. The van der Waals surface area contributed by atoms with Crippen LogP contribution in [0.5, 0.6) is 0 Å². The van der Waals surface area contributed by atoms with Gasteiger partial charge in [0, 0.05) is 0 Å². The number of aliphatic hydroxyl groups is 1. The fourth-order valence-electron chi connectivity index (χ4n) is 0.558. The molecule has 0 aliphatic rings. The zero-order valence-corrected chi connectivity index (χ0v) is 6.00. The third kappa shape index (κ3) is 4.49. The van der Waals surface area contributed by atoms with Crippen molar-refractivity contribution in [2.24, 2.45) is 0 Å². The normalized spacial score (nSPS) is 14.2. The average Bonchev–Trinajstić information content (AvgIpc) is 1.82. The molecule has 0 rings (SSSR count). The molecule has 0 aliphatic heterocycles. The molecule has 0 aliphatic carbocycles. The molecule has 1 unspecified atom stereocenters. The van der Waals surface area contributed by atoms with Crippen LogP contribution in [-0.2, 0) is 4.74 Å². The minimum Gasteiger partial charge on any atom is -0.394 e. The largest absolute Gasteiger partial charge is 0.394 e. The van der Waals surface area contributed by atoms with Crippen LogP contribution in [0, 0.1) is 0 Å². The van der Waals surface area contributed by atoms with E-state index in [1.807, 2.05) is 13.8 Å². The molecule has 0 aromatic heterocycles. The second-order valence-corrected chi connectivity index (χ2v) is 2.23. The number of hydrogen-bond donors (Lipinski definition) is 1. The van der Waals surface area contributed by atoms with E-state index >= 15 is 0 Å². The van der Waals surface area contributed by atoms with Crippen LogP contribution in [0.2, 0.25) is 6.32 Å². The first-order chi connectivity index (χ1) is 4.20. The maximum Gasteiger partial charge on any atom is 0.0732 e. The van der Waals surface area contributed by atoms with Gasteiger partial charge < -0.3 is 9.84 Å². The van der Waals surface area contributed by atoms with Crippen LogP contribution in [0.1, 0.15) is 13.8 Å². The smallest absolute Gasteiger partial charge is 0.0732 e. The number of ether oxygens (including phenoxy) is 1. The highest BCUT2D eigenvalue weighted by atomic mass is 16.5. The van der Waals surface area contributed by atoms with Crippen molar-refractivity contribution < 1.29 is 9.84 Å². The molecule has 1 atom stereocenters. The Morgan fingerprint density at radius 3 is 2.22 bits per heavy atom. The summed E-state index contributed by atoms with van der Waals surface area (Å²) in [7, 11) is 5.25. The summed E-state index contributed by atoms with van der Waals surface area (Å²) in [4.78, 5) is 0. The second-order valence-electron chi connectivity index (χ2n) is 2.23. The summed E-state index contributed by atoms with van der Waals surface area (Å²) in [5.74, 6) is 0. The third-order valence-corrected chi connectivity index (χ3v) is 0.931. The van der Waals surface area contributed by atoms with E-state index in [-0.39, 0.29) is 18.8 Å². The van der Waals surface area contributed by atoms with Crippen molar-refractivity contribution in [3.05, 3.63) is 0 Å². The number of rotatable bonds is 4. The van der Waals surface area contributed by atoms with E-state index in [0.29, 0.717) is 6.32 Å². The number of aliphatic hydroxyl groups excluding tert-OH is 1. The first-order valence-electron chi connectivity index (χ1n) is 3.17. The molecule has 0 saturated heterocycles. The highest BCUT2D eigenvalue weighted by Gasteiger charge is 2.04. The molecule has 0 saturated carbocycles. The van der Waals surface area contributed by atoms with Gasteiger partial charge in [0.2, 0.25) is 0 Å². The molecule has 0 fully saturated rings. The van der Waals surface area contributed by atoms with Gasteiger partial charge in [0.25, 0.3) is 0 Å². The van der Waals surface area contributed by atoms with Gasteiger partial charge in [0.15, 0.2) is 0 Å². The Bertz CT molecular complexity index is 62.1. The molecule has 1 N–H and O–H groups in total. The molecule has 9 heavy (non-hydrogen) atoms. The summed E-state index contributed by atoms with van der Waals surface area (Å²) in [5.41, 5.74) is 0. The van der Waals surface area contributed by atoms with Crippen LogP contribution < -0.4 is 0 Å². The van der Waals surface area contributed by atoms with Crippen LogP contribution in [-0.4, -0.2) is 31.8 Å². The van der Waals surface area contributed by atoms with E-state index < -0.39 is 0 Å². The Morgan fingerprint density at radius 1 is 1.56 bits per heavy atom. The van der Waals surface area contributed by atoms with Crippen molar-refractivity contribution in [2.75, 3.05) is 6.61 Å². The van der Waals surface area contributed by atoms with Crippen LogP contribution in [0.25, 0.3) is 0 Å². The van der Waals surface area contributed by atoms with Gasteiger partial charge in [-0.15, -0.1) is 0 Å². The zero-order chi connectivity index (χ0) is 7.28. The summed E-state index contributed by atoms with van der Waals surface area (Å²) in [6.45, 7) is 3.84. The molecular formula is C6H13BO2. The van der Waals surface area contributed by atoms with Crippen molar-refractivity contribution in [1.29, 1.82) is 0 Å². The van der Waals surface area contributed by atoms with Crippen LogP contribution in [0.15, 0.2) is 0 Å². The van der Waals surface area contributed by atoms with Gasteiger partial charge >= 0.3 is 0 Å². The van der Waals surface area contributed by atoms with Gasteiger partial charge in [-0.1, -0.05) is 6.32 Å². The molecule has 0 spiro atoms. The molecule has 3 heteroatoms. The maximum absolute atomic E-state index is 8.57. The van der Waals surface area contributed by atoms with E-state index in [2.05, 4.69) is 0 Å². The van der Waals surface area contributed by atoms with Crippen molar-refractivity contribution in [2.45, 2.75) is 32.4 Å². The van der Waals surface area contributed by atoms with Crippen LogP contribution in [0.4, 0.5) is 0 Å². The standard InChI is InChI=1S/C6H13BO2/c1-5(2)9-6(3-7)4-8/h5-6,8H,3-4H2,1-2H3. The highest BCUT2D eigenvalue weighted by molar-refractivity contribution is 6.08. The summed E-state index contributed by atoms with van der Waals surface area (Å²) in [6.07, 6.45) is 0.338. The molecule has 2 radical (unpaired) electrons. The molecule has 2 nitrogen and oxygen atoms in total. The quantitative estimate of drug-likeness (QED) is 0.554. The molecule has 0 bridgehead atoms. The average molecular weight is 128 g/mol. The second kappa shape index (κ2) is 4.83. The summed E-state index contributed by atoms with van der Waals surface area (Å²) in [6, 6.07) is 0. The number of hydrogen-bond acceptors (Lipinski definition) is 2. The van der Waals surface area contributed by atoms with E-state index in [9.17, 15) is 0 Å². The Hall–Kier alpha value is -0.0151. The van der Waals surface area contributed by atoms with Gasteiger partial charge in [-0.25, -0.2) is 0 Å². The fraction of sp³-hybridized carbons (Fsp3) is 1.00. The maximum atomic E-state index is 8.57. The van der Waals surface area contributed by atoms with Gasteiger partial charge in [-0.05, 0) is 13.8 Å². The van der Waals surface area contributed by atoms with Crippen molar-refractivity contribution in [3.8, 4) is 0 Å². The van der Waals surface area contributed by atoms with Gasteiger partial charge in [0.1, 0.15) is 0 Å². The first kappa shape index (κ1) is 8.98. The summed E-state index contributed by atoms with van der Waals surface area (Å²) < 4.78 is 5.17. The highest BCUT2D eigenvalue weighted by Crippen LogP contribution is 1.99.